The fraction of sp³-hybridized carbons (Fsp3) is 0.267. The second kappa shape index (κ2) is 5.48. The highest BCUT2D eigenvalue weighted by atomic mass is 15.0. The standard InChI is InChI=1S/C15H18N2/c1-3-12-7-5-8-13(11-12)14-9-6-10-15(17-14)16-4-2/h5-11H,3-4H2,1-2H3,(H,16,17). The van der Waals surface area contributed by atoms with Crippen molar-refractivity contribution in [3.8, 4) is 11.3 Å². The summed E-state index contributed by atoms with van der Waals surface area (Å²) in [5.41, 5.74) is 3.56. The minimum absolute atomic E-state index is 0.894. The molecule has 1 aromatic heterocycles. The largest absolute Gasteiger partial charge is 0.370 e. The molecule has 1 N–H and O–H groups in total. The molecule has 17 heavy (non-hydrogen) atoms. The summed E-state index contributed by atoms with van der Waals surface area (Å²) in [4.78, 5) is 4.60. The topological polar surface area (TPSA) is 24.9 Å². The fourth-order valence-electron chi connectivity index (χ4n) is 1.83. The third-order valence-electron chi connectivity index (χ3n) is 2.74. The zero-order valence-corrected chi connectivity index (χ0v) is 10.4. The number of nitrogens with zero attached hydrogens (tertiary/aromatic N) is 1. The molecule has 2 aromatic rings. The molecule has 0 unspecified atom stereocenters. The van der Waals surface area contributed by atoms with Gasteiger partial charge < -0.3 is 5.32 Å². The van der Waals surface area contributed by atoms with Crippen LogP contribution in [0.5, 0.6) is 0 Å². The summed E-state index contributed by atoms with van der Waals surface area (Å²) in [5.74, 6) is 0.937. The Kier molecular flexibility index (Phi) is 3.76. The second-order valence-corrected chi connectivity index (χ2v) is 3.99. The Balaban J connectivity index is 2.34. The van der Waals surface area contributed by atoms with E-state index in [0.29, 0.717) is 0 Å². The van der Waals surface area contributed by atoms with Crippen LogP contribution in [0.1, 0.15) is 19.4 Å². The van der Waals surface area contributed by atoms with Gasteiger partial charge in [0, 0.05) is 12.1 Å². The number of pyridine rings is 1. The van der Waals surface area contributed by atoms with Gasteiger partial charge in [-0.1, -0.05) is 31.2 Å². The Hall–Kier alpha value is -1.83. The minimum atomic E-state index is 0.894. The van der Waals surface area contributed by atoms with Crippen LogP contribution in [-0.2, 0) is 6.42 Å². The monoisotopic (exact) mass is 226 g/mol. The molecule has 1 heterocycles. The van der Waals surface area contributed by atoms with Gasteiger partial charge in [0.05, 0.1) is 5.69 Å². The van der Waals surface area contributed by atoms with Crippen LogP contribution in [0.3, 0.4) is 0 Å². The van der Waals surface area contributed by atoms with Crippen molar-refractivity contribution in [2.75, 3.05) is 11.9 Å². The van der Waals surface area contributed by atoms with E-state index in [-0.39, 0.29) is 0 Å². The third-order valence-corrected chi connectivity index (χ3v) is 2.74. The fourth-order valence-corrected chi connectivity index (χ4v) is 1.83. The van der Waals surface area contributed by atoms with E-state index in [9.17, 15) is 0 Å². The summed E-state index contributed by atoms with van der Waals surface area (Å²) in [6.07, 6.45) is 1.06. The van der Waals surface area contributed by atoms with Crippen molar-refractivity contribution >= 4 is 5.82 Å². The number of aryl methyl sites for hydroxylation is 1. The van der Waals surface area contributed by atoms with Crippen LogP contribution in [0.4, 0.5) is 5.82 Å². The normalized spacial score (nSPS) is 10.2. The van der Waals surface area contributed by atoms with Crippen LogP contribution in [0.15, 0.2) is 42.5 Å². The Morgan fingerprint density at radius 3 is 2.65 bits per heavy atom. The maximum Gasteiger partial charge on any atom is 0.126 e. The first kappa shape index (κ1) is 11.6. The highest BCUT2D eigenvalue weighted by Crippen LogP contribution is 2.20. The molecule has 88 valence electrons. The number of aromatic nitrogens is 1. The van der Waals surface area contributed by atoms with Crippen molar-refractivity contribution in [1.29, 1.82) is 0 Å². The predicted molar refractivity (Wildman–Crippen MR) is 73.2 cm³/mol. The quantitative estimate of drug-likeness (QED) is 0.859. The van der Waals surface area contributed by atoms with Crippen molar-refractivity contribution in [1.82, 2.24) is 4.98 Å². The van der Waals surface area contributed by atoms with Gasteiger partial charge in [0.2, 0.25) is 0 Å². The molecule has 2 rings (SSSR count). The molecule has 1 aromatic carbocycles. The van der Waals surface area contributed by atoms with E-state index in [0.717, 1.165) is 24.5 Å². The zero-order valence-electron chi connectivity index (χ0n) is 10.4. The van der Waals surface area contributed by atoms with E-state index in [1.54, 1.807) is 0 Å². The molecule has 0 radical (unpaired) electrons. The van der Waals surface area contributed by atoms with Gasteiger partial charge >= 0.3 is 0 Å². The van der Waals surface area contributed by atoms with Crippen molar-refractivity contribution in [3.05, 3.63) is 48.0 Å². The summed E-state index contributed by atoms with van der Waals surface area (Å²) < 4.78 is 0. The molecule has 0 fully saturated rings. The lowest BCUT2D eigenvalue weighted by Gasteiger charge is -2.06. The number of nitrogens with one attached hydrogen (secondary N) is 1. The molecule has 2 heteroatoms. The van der Waals surface area contributed by atoms with E-state index >= 15 is 0 Å². The molecule has 0 amide bonds. The second-order valence-electron chi connectivity index (χ2n) is 3.99. The summed E-state index contributed by atoms with van der Waals surface area (Å²) >= 11 is 0. The lowest BCUT2D eigenvalue weighted by molar-refractivity contribution is 1.13. The summed E-state index contributed by atoms with van der Waals surface area (Å²) in [6.45, 7) is 5.14. The van der Waals surface area contributed by atoms with Crippen LogP contribution < -0.4 is 5.32 Å². The van der Waals surface area contributed by atoms with Gasteiger partial charge in [-0.2, -0.15) is 0 Å². The van der Waals surface area contributed by atoms with Crippen molar-refractivity contribution in [3.63, 3.8) is 0 Å². The van der Waals surface area contributed by atoms with Crippen LogP contribution in [0, 0.1) is 0 Å². The van der Waals surface area contributed by atoms with Gasteiger partial charge in [0.15, 0.2) is 0 Å². The van der Waals surface area contributed by atoms with E-state index in [1.165, 1.54) is 11.1 Å². The first-order valence-electron chi connectivity index (χ1n) is 6.13. The van der Waals surface area contributed by atoms with E-state index < -0.39 is 0 Å². The van der Waals surface area contributed by atoms with Crippen molar-refractivity contribution in [2.24, 2.45) is 0 Å². The zero-order chi connectivity index (χ0) is 12.1. The highest BCUT2D eigenvalue weighted by molar-refractivity contribution is 5.62. The lowest BCUT2D eigenvalue weighted by Crippen LogP contribution is -1.99. The molecule has 0 aliphatic heterocycles. The molecular weight excluding hydrogens is 208 g/mol. The van der Waals surface area contributed by atoms with E-state index in [4.69, 9.17) is 0 Å². The maximum absolute atomic E-state index is 4.60. The van der Waals surface area contributed by atoms with Gasteiger partial charge in [-0.15, -0.1) is 0 Å². The third kappa shape index (κ3) is 2.84. The molecule has 0 bridgehead atoms. The van der Waals surface area contributed by atoms with Crippen LogP contribution in [0.25, 0.3) is 11.3 Å². The van der Waals surface area contributed by atoms with Gasteiger partial charge in [-0.05, 0) is 37.1 Å². The average Bonchev–Trinajstić information content (AvgIpc) is 2.40. The SMILES string of the molecule is CCNc1cccc(-c2cccc(CC)c2)n1. The minimum Gasteiger partial charge on any atom is -0.370 e. The van der Waals surface area contributed by atoms with Crippen molar-refractivity contribution in [2.45, 2.75) is 20.3 Å². The first-order chi connectivity index (χ1) is 8.33. The Labute approximate surface area is 103 Å². The number of hydrogen-bond donors (Lipinski definition) is 1. The molecule has 2 nitrogen and oxygen atoms in total. The van der Waals surface area contributed by atoms with Crippen LogP contribution in [0.2, 0.25) is 0 Å². The Morgan fingerprint density at radius 1 is 1.06 bits per heavy atom. The Bertz CT molecular complexity index is 492. The van der Waals surface area contributed by atoms with Gasteiger partial charge in [-0.25, -0.2) is 4.98 Å². The van der Waals surface area contributed by atoms with Gasteiger partial charge in [0.25, 0.3) is 0 Å². The average molecular weight is 226 g/mol. The van der Waals surface area contributed by atoms with Crippen molar-refractivity contribution < 1.29 is 0 Å². The van der Waals surface area contributed by atoms with Gasteiger partial charge in [-0.3, -0.25) is 0 Å². The summed E-state index contributed by atoms with van der Waals surface area (Å²) in [6, 6.07) is 14.6. The maximum atomic E-state index is 4.60. The molecular formula is C15H18N2. The van der Waals surface area contributed by atoms with Crippen LogP contribution >= 0.6 is 0 Å². The molecule has 0 saturated heterocycles. The molecule has 0 aliphatic rings. The van der Waals surface area contributed by atoms with Gasteiger partial charge in [0.1, 0.15) is 5.82 Å². The first-order valence-corrected chi connectivity index (χ1v) is 6.13. The highest BCUT2D eigenvalue weighted by Gasteiger charge is 2.01. The number of hydrogen-bond acceptors (Lipinski definition) is 2. The molecule has 0 spiro atoms. The number of rotatable bonds is 4. The Morgan fingerprint density at radius 2 is 1.88 bits per heavy atom. The molecule has 0 aliphatic carbocycles. The van der Waals surface area contributed by atoms with E-state index in [1.807, 2.05) is 12.1 Å². The lowest BCUT2D eigenvalue weighted by atomic mass is 10.1. The number of anilines is 1. The summed E-state index contributed by atoms with van der Waals surface area (Å²) in [5, 5.41) is 3.24. The molecule has 0 saturated carbocycles. The predicted octanol–water partition coefficient (Wildman–Crippen LogP) is 3.74. The number of benzene rings is 1. The summed E-state index contributed by atoms with van der Waals surface area (Å²) in [7, 11) is 0. The smallest absolute Gasteiger partial charge is 0.126 e. The van der Waals surface area contributed by atoms with Crippen LogP contribution in [-0.4, -0.2) is 11.5 Å². The van der Waals surface area contributed by atoms with E-state index in [2.05, 4.69) is 54.5 Å². The molecule has 0 atom stereocenters.